The third kappa shape index (κ3) is 4.69. The van der Waals surface area contributed by atoms with Crippen molar-refractivity contribution in [2.45, 2.75) is 58.6 Å². The van der Waals surface area contributed by atoms with Crippen LogP contribution in [0.3, 0.4) is 0 Å². The van der Waals surface area contributed by atoms with Crippen LogP contribution >= 0.6 is 0 Å². The lowest BCUT2D eigenvalue weighted by molar-refractivity contribution is 0.00399. The maximum Gasteiger partial charge on any atom is 0.410 e. The summed E-state index contributed by atoms with van der Waals surface area (Å²) in [5.41, 5.74) is 2.03. The Morgan fingerprint density at radius 1 is 1.42 bits per heavy atom. The second-order valence-electron chi connectivity index (χ2n) is 9.88. The summed E-state index contributed by atoms with van der Waals surface area (Å²) in [6, 6.07) is 7.81. The van der Waals surface area contributed by atoms with Gasteiger partial charge in [-0.2, -0.15) is 5.26 Å². The van der Waals surface area contributed by atoms with Crippen LogP contribution in [0.1, 0.15) is 52.0 Å². The van der Waals surface area contributed by atoms with Gasteiger partial charge in [-0.15, -0.1) is 0 Å². The molecule has 0 unspecified atom stereocenters. The van der Waals surface area contributed by atoms with Crippen LogP contribution in [0.2, 0.25) is 0 Å². The largest absolute Gasteiger partial charge is 0.441 e. The molecule has 4 rings (SSSR count). The Morgan fingerprint density at radius 3 is 3.03 bits per heavy atom. The Labute approximate surface area is 183 Å². The number of hydrogen-bond donors (Lipinski definition) is 0. The van der Waals surface area contributed by atoms with Crippen molar-refractivity contribution >= 4 is 17.1 Å². The summed E-state index contributed by atoms with van der Waals surface area (Å²) in [6.45, 7) is 9.67. The summed E-state index contributed by atoms with van der Waals surface area (Å²) in [7, 11) is 0. The van der Waals surface area contributed by atoms with E-state index in [4.69, 9.17) is 9.47 Å². The molecule has 2 fully saturated rings. The molecule has 7 nitrogen and oxygen atoms in total. The van der Waals surface area contributed by atoms with Crippen LogP contribution in [0.4, 0.5) is 4.79 Å². The highest BCUT2D eigenvalue weighted by Crippen LogP contribution is 2.41. The standard InChI is InChI=1S/C24H32N4O3/c1-4-30-16-23(2,3)14-28-15-24(31-22(28)29)9-5-6-19(11-24)13-27-17-26-20-8-7-18(12-25)10-21(20)27/h7-8,10,17,19H,4-6,9,11,13-16H2,1-3H3/t19-,24-/m0/s1. The van der Waals surface area contributed by atoms with Crippen LogP contribution in [-0.2, 0) is 16.0 Å². The summed E-state index contributed by atoms with van der Waals surface area (Å²) in [5.74, 6) is 0.404. The lowest BCUT2D eigenvalue weighted by Crippen LogP contribution is -2.42. The second-order valence-corrected chi connectivity index (χ2v) is 9.88. The van der Waals surface area contributed by atoms with Crippen molar-refractivity contribution in [3.05, 3.63) is 30.1 Å². The number of nitrogens with zero attached hydrogens (tertiary/aromatic N) is 4. The summed E-state index contributed by atoms with van der Waals surface area (Å²) >= 11 is 0. The number of aromatic nitrogens is 2. The van der Waals surface area contributed by atoms with Gasteiger partial charge in [-0.3, -0.25) is 0 Å². The van der Waals surface area contributed by atoms with E-state index in [2.05, 4.69) is 29.5 Å². The van der Waals surface area contributed by atoms with Crippen LogP contribution in [0, 0.1) is 22.7 Å². The van der Waals surface area contributed by atoms with Crippen molar-refractivity contribution in [3.8, 4) is 6.07 Å². The zero-order valence-corrected chi connectivity index (χ0v) is 18.8. The zero-order chi connectivity index (χ0) is 22.1. The Morgan fingerprint density at radius 2 is 2.26 bits per heavy atom. The molecule has 0 radical (unpaired) electrons. The van der Waals surface area contributed by atoms with Gasteiger partial charge < -0.3 is 18.9 Å². The maximum absolute atomic E-state index is 12.7. The van der Waals surface area contributed by atoms with Gasteiger partial charge in [-0.25, -0.2) is 9.78 Å². The highest BCUT2D eigenvalue weighted by Gasteiger charge is 2.48. The molecule has 31 heavy (non-hydrogen) atoms. The molecular weight excluding hydrogens is 392 g/mol. The van der Waals surface area contributed by atoms with Crippen molar-refractivity contribution in [1.29, 1.82) is 5.26 Å². The van der Waals surface area contributed by atoms with Crippen molar-refractivity contribution in [2.75, 3.05) is 26.3 Å². The normalized spacial score (nSPS) is 24.0. The molecule has 2 heterocycles. The zero-order valence-electron chi connectivity index (χ0n) is 18.8. The molecule has 0 bridgehead atoms. The molecule has 1 aliphatic carbocycles. The number of rotatable bonds is 7. The molecule has 166 valence electrons. The highest BCUT2D eigenvalue weighted by molar-refractivity contribution is 5.77. The Hall–Kier alpha value is -2.59. The minimum Gasteiger partial charge on any atom is -0.441 e. The predicted molar refractivity (Wildman–Crippen MR) is 117 cm³/mol. The number of ether oxygens (including phenoxy) is 2. The first kappa shape index (κ1) is 21.6. The van der Waals surface area contributed by atoms with Crippen LogP contribution in [0.25, 0.3) is 11.0 Å². The van der Waals surface area contributed by atoms with Gasteiger partial charge in [-0.1, -0.05) is 13.8 Å². The SMILES string of the molecule is CCOCC(C)(C)CN1C[C@@]2(CCC[C@H](Cn3cnc4ccc(C#N)cc43)C2)OC1=O. The highest BCUT2D eigenvalue weighted by atomic mass is 16.6. The van der Waals surface area contributed by atoms with Crippen molar-refractivity contribution in [3.63, 3.8) is 0 Å². The molecule has 2 aromatic rings. The summed E-state index contributed by atoms with van der Waals surface area (Å²) in [4.78, 5) is 19.0. The van der Waals surface area contributed by atoms with E-state index >= 15 is 0 Å². The van der Waals surface area contributed by atoms with Crippen LogP contribution in [-0.4, -0.2) is 52.4 Å². The quantitative estimate of drug-likeness (QED) is 0.660. The summed E-state index contributed by atoms with van der Waals surface area (Å²) in [6.07, 6.45) is 5.59. The summed E-state index contributed by atoms with van der Waals surface area (Å²) < 4.78 is 13.7. The summed E-state index contributed by atoms with van der Waals surface area (Å²) in [5, 5.41) is 9.22. The van der Waals surface area contributed by atoms with Crippen LogP contribution in [0.15, 0.2) is 24.5 Å². The fourth-order valence-electron chi connectivity index (χ4n) is 5.14. The van der Waals surface area contributed by atoms with E-state index in [-0.39, 0.29) is 11.5 Å². The Kier molecular flexibility index (Phi) is 5.94. The molecule has 7 heteroatoms. The number of benzene rings is 1. The average molecular weight is 425 g/mol. The van der Waals surface area contributed by atoms with Gasteiger partial charge in [-0.05, 0) is 56.7 Å². The molecule has 1 saturated heterocycles. The molecule has 1 amide bonds. The first-order chi connectivity index (χ1) is 14.8. The molecule has 2 atom stereocenters. The van der Waals surface area contributed by atoms with Gasteiger partial charge >= 0.3 is 6.09 Å². The molecule has 1 spiro atoms. The van der Waals surface area contributed by atoms with Gasteiger partial charge in [0.2, 0.25) is 0 Å². The molecular formula is C24H32N4O3. The fourth-order valence-corrected chi connectivity index (χ4v) is 5.14. The molecule has 1 aliphatic heterocycles. The van der Waals surface area contributed by atoms with Gasteiger partial charge in [0, 0.05) is 25.1 Å². The van der Waals surface area contributed by atoms with Gasteiger partial charge in [0.25, 0.3) is 0 Å². The van der Waals surface area contributed by atoms with E-state index in [0.717, 1.165) is 43.3 Å². The van der Waals surface area contributed by atoms with Gasteiger partial charge in [0.15, 0.2) is 0 Å². The maximum atomic E-state index is 12.7. The Bertz CT molecular complexity index is 992. The number of amides is 1. The molecule has 1 aromatic carbocycles. The fraction of sp³-hybridized carbons (Fsp3) is 0.625. The minimum atomic E-state index is -0.393. The Balaban J connectivity index is 1.44. The number of hydrogen-bond acceptors (Lipinski definition) is 5. The third-order valence-electron chi connectivity index (χ3n) is 6.47. The number of fused-ring (bicyclic) bond motifs is 1. The lowest BCUT2D eigenvalue weighted by Gasteiger charge is -2.36. The number of carbonyl (C=O) groups excluding carboxylic acids is 1. The first-order valence-electron chi connectivity index (χ1n) is 11.2. The smallest absolute Gasteiger partial charge is 0.410 e. The predicted octanol–water partition coefficient (Wildman–Crippen LogP) is 4.35. The minimum absolute atomic E-state index is 0.108. The molecule has 2 aliphatic rings. The van der Waals surface area contributed by atoms with E-state index in [1.807, 2.05) is 30.3 Å². The van der Waals surface area contributed by atoms with Gasteiger partial charge in [0.05, 0.1) is 42.1 Å². The molecule has 1 saturated carbocycles. The van der Waals surface area contributed by atoms with Crippen LogP contribution < -0.4 is 0 Å². The van der Waals surface area contributed by atoms with E-state index in [1.54, 1.807) is 6.07 Å². The van der Waals surface area contributed by atoms with Gasteiger partial charge in [0.1, 0.15) is 5.60 Å². The lowest BCUT2D eigenvalue weighted by atomic mass is 9.77. The monoisotopic (exact) mass is 424 g/mol. The average Bonchev–Trinajstić information content (AvgIpc) is 3.26. The molecule has 0 N–H and O–H groups in total. The number of carbonyl (C=O) groups is 1. The van der Waals surface area contributed by atoms with Crippen molar-refractivity contribution in [2.24, 2.45) is 11.3 Å². The third-order valence-corrected chi connectivity index (χ3v) is 6.47. The van der Waals surface area contributed by atoms with Crippen molar-refractivity contribution < 1.29 is 14.3 Å². The number of imidazole rings is 1. The van der Waals surface area contributed by atoms with E-state index in [1.165, 1.54) is 0 Å². The molecule has 1 aromatic heterocycles. The van der Waals surface area contributed by atoms with E-state index < -0.39 is 5.60 Å². The van der Waals surface area contributed by atoms with Crippen LogP contribution in [0.5, 0.6) is 0 Å². The first-order valence-corrected chi connectivity index (χ1v) is 11.2. The van der Waals surface area contributed by atoms with E-state index in [9.17, 15) is 10.1 Å². The number of nitriles is 1. The van der Waals surface area contributed by atoms with Crippen molar-refractivity contribution in [1.82, 2.24) is 14.5 Å². The van der Waals surface area contributed by atoms with E-state index in [0.29, 0.717) is 37.8 Å². The topological polar surface area (TPSA) is 80.4 Å². The second kappa shape index (κ2) is 8.51.